The molecule has 4 rings (SSSR count). The number of carbonyl (C=O) groups excluding carboxylic acids is 1. The fourth-order valence-corrected chi connectivity index (χ4v) is 5.95. The third-order valence-corrected chi connectivity index (χ3v) is 7.25. The predicted molar refractivity (Wildman–Crippen MR) is 95.2 cm³/mol. The number of sulfone groups is 1. The fourth-order valence-electron chi connectivity index (χ4n) is 4.22. The second kappa shape index (κ2) is 6.12. The number of hydrogen-bond donors (Lipinski definition) is 0. The van der Waals surface area contributed by atoms with Crippen LogP contribution in [0.2, 0.25) is 0 Å². The molecule has 25 heavy (non-hydrogen) atoms. The van der Waals surface area contributed by atoms with E-state index in [1.54, 1.807) is 4.90 Å². The Morgan fingerprint density at radius 1 is 1.36 bits per heavy atom. The molecule has 1 aliphatic heterocycles. The van der Waals surface area contributed by atoms with E-state index in [0.717, 1.165) is 29.9 Å². The number of pyridine rings is 1. The van der Waals surface area contributed by atoms with E-state index in [4.69, 9.17) is 0 Å². The molecule has 2 aromatic rings. The molecule has 2 unspecified atom stereocenters. The molecule has 134 valence electrons. The van der Waals surface area contributed by atoms with Gasteiger partial charge in [0.25, 0.3) is 0 Å². The SMILES string of the molecule is CCN(C(=O)C1CCc2nc3ccccn3c2C1)C1CCS(=O)(=O)C1. The van der Waals surface area contributed by atoms with Crippen molar-refractivity contribution in [3.8, 4) is 0 Å². The van der Waals surface area contributed by atoms with Gasteiger partial charge in [-0.1, -0.05) is 6.07 Å². The van der Waals surface area contributed by atoms with Gasteiger partial charge in [-0.2, -0.15) is 0 Å². The van der Waals surface area contributed by atoms with Crippen LogP contribution in [-0.2, 0) is 27.5 Å². The fraction of sp³-hybridized carbons (Fsp3) is 0.556. The van der Waals surface area contributed by atoms with Crippen molar-refractivity contribution in [1.82, 2.24) is 14.3 Å². The Hall–Kier alpha value is -1.89. The summed E-state index contributed by atoms with van der Waals surface area (Å²) in [7, 11) is -2.99. The molecule has 0 bridgehead atoms. The molecule has 6 nitrogen and oxygen atoms in total. The molecule has 0 saturated carbocycles. The lowest BCUT2D eigenvalue weighted by Crippen LogP contribution is -2.45. The van der Waals surface area contributed by atoms with Crippen LogP contribution in [0.4, 0.5) is 0 Å². The number of aryl methyl sites for hydroxylation is 1. The zero-order valence-electron chi connectivity index (χ0n) is 14.4. The topological polar surface area (TPSA) is 71.8 Å². The van der Waals surface area contributed by atoms with Gasteiger partial charge in [-0.3, -0.25) is 4.79 Å². The van der Waals surface area contributed by atoms with Gasteiger partial charge in [-0.25, -0.2) is 13.4 Å². The monoisotopic (exact) mass is 361 g/mol. The minimum Gasteiger partial charge on any atom is -0.339 e. The van der Waals surface area contributed by atoms with E-state index in [9.17, 15) is 13.2 Å². The number of fused-ring (bicyclic) bond motifs is 3. The largest absolute Gasteiger partial charge is 0.339 e. The molecule has 2 aromatic heterocycles. The average Bonchev–Trinajstić information content (AvgIpc) is 3.14. The molecular weight excluding hydrogens is 338 g/mol. The summed E-state index contributed by atoms with van der Waals surface area (Å²) in [6.45, 7) is 2.50. The predicted octanol–water partition coefficient (Wildman–Crippen LogP) is 1.47. The number of nitrogens with zero attached hydrogens (tertiary/aromatic N) is 3. The highest BCUT2D eigenvalue weighted by atomic mass is 32.2. The summed E-state index contributed by atoms with van der Waals surface area (Å²) < 4.78 is 25.6. The highest BCUT2D eigenvalue weighted by molar-refractivity contribution is 7.91. The van der Waals surface area contributed by atoms with Gasteiger partial charge < -0.3 is 9.30 Å². The number of rotatable bonds is 3. The van der Waals surface area contributed by atoms with Crippen molar-refractivity contribution in [2.24, 2.45) is 5.92 Å². The molecule has 0 spiro atoms. The summed E-state index contributed by atoms with van der Waals surface area (Å²) in [5, 5.41) is 0. The first-order chi connectivity index (χ1) is 12.0. The molecule has 7 heteroatoms. The smallest absolute Gasteiger partial charge is 0.226 e. The van der Waals surface area contributed by atoms with Crippen molar-refractivity contribution in [2.45, 2.75) is 38.6 Å². The van der Waals surface area contributed by atoms with E-state index in [1.807, 2.05) is 31.3 Å². The van der Waals surface area contributed by atoms with Crippen molar-refractivity contribution < 1.29 is 13.2 Å². The summed E-state index contributed by atoms with van der Waals surface area (Å²) in [5.41, 5.74) is 3.13. The highest BCUT2D eigenvalue weighted by Gasteiger charge is 2.37. The molecule has 3 heterocycles. The maximum absolute atomic E-state index is 13.1. The molecular formula is C18H23N3O3S. The van der Waals surface area contributed by atoms with Gasteiger partial charge in [-0.15, -0.1) is 0 Å². The van der Waals surface area contributed by atoms with Crippen LogP contribution in [-0.4, -0.2) is 52.7 Å². The Kier molecular flexibility index (Phi) is 4.06. The third-order valence-electron chi connectivity index (χ3n) is 5.50. The Bertz CT molecular complexity index is 919. The molecule has 1 aliphatic carbocycles. The molecule has 0 radical (unpaired) electrons. The Balaban J connectivity index is 1.57. The van der Waals surface area contributed by atoms with Gasteiger partial charge >= 0.3 is 0 Å². The van der Waals surface area contributed by atoms with Gasteiger partial charge in [0.1, 0.15) is 5.65 Å². The normalized spacial score (nSPS) is 25.0. The van der Waals surface area contributed by atoms with Gasteiger partial charge in [0.15, 0.2) is 9.84 Å². The average molecular weight is 361 g/mol. The van der Waals surface area contributed by atoms with E-state index < -0.39 is 9.84 Å². The highest BCUT2D eigenvalue weighted by Crippen LogP contribution is 2.29. The molecule has 1 amide bonds. The van der Waals surface area contributed by atoms with Crippen molar-refractivity contribution >= 4 is 21.4 Å². The quantitative estimate of drug-likeness (QED) is 0.830. The van der Waals surface area contributed by atoms with Crippen molar-refractivity contribution in [1.29, 1.82) is 0 Å². The molecule has 0 N–H and O–H groups in total. The molecule has 0 aromatic carbocycles. The standard InChI is InChI=1S/C18H23N3O3S/c1-2-20(14-8-10-25(23,24)12-14)18(22)13-6-7-15-16(11-13)21-9-4-3-5-17(21)19-15/h3-5,9,13-14H,2,6-8,10-12H2,1H3. The lowest BCUT2D eigenvalue weighted by molar-refractivity contribution is -0.137. The van der Waals surface area contributed by atoms with E-state index in [-0.39, 0.29) is 29.4 Å². The number of carbonyl (C=O) groups is 1. The van der Waals surface area contributed by atoms with Crippen LogP contribution in [0.3, 0.4) is 0 Å². The molecule has 2 aliphatic rings. The number of imidazole rings is 1. The summed E-state index contributed by atoms with van der Waals surface area (Å²) in [6.07, 6.45) is 4.82. The summed E-state index contributed by atoms with van der Waals surface area (Å²) in [5.74, 6) is 0.320. The lowest BCUT2D eigenvalue weighted by atomic mass is 9.88. The van der Waals surface area contributed by atoms with Crippen LogP contribution in [0, 0.1) is 5.92 Å². The van der Waals surface area contributed by atoms with Gasteiger partial charge in [0, 0.05) is 36.8 Å². The van der Waals surface area contributed by atoms with Crippen molar-refractivity contribution in [3.05, 3.63) is 35.8 Å². The van der Waals surface area contributed by atoms with Gasteiger partial charge in [0.05, 0.1) is 17.2 Å². The van der Waals surface area contributed by atoms with Crippen molar-refractivity contribution in [2.75, 3.05) is 18.1 Å². The third kappa shape index (κ3) is 2.94. The Morgan fingerprint density at radius 2 is 2.20 bits per heavy atom. The van der Waals surface area contributed by atoms with E-state index in [2.05, 4.69) is 9.38 Å². The maximum atomic E-state index is 13.1. The first-order valence-electron chi connectivity index (χ1n) is 8.94. The Morgan fingerprint density at radius 3 is 2.92 bits per heavy atom. The van der Waals surface area contributed by atoms with Crippen LogP contribution in [0.25, 0.3) is 5.65 Å². The molecule has 2 atom stereocenters. The minimum absolute atomic E-state index is 0.0872. The van der Waals surface area contributed by atoms with E-state index in [0.29, 0.717) is 19.4 Å². The zero-order valence-corrected chi connectivity index (χ0v) is 15.2. The number of aromatic nitrogens is 2. The van der Waals surface area contributed by atoms with Gasteiger partial charge in [-0.05, 0) is 38.3 Å². The van der Waals surface area contributed by atoms with Gasteiger partial charge in [0.2, 0.25) is 5.91 Å². The van der Waals surface area contributed by atoms with Crippen LogP contribution in [0.5, 0.6) is 0 Å². The van der Waals surface area contributed by atoms with Crippen LogP contribution in [0.15, 0.2) is 24.4 Å². The van der Waals surface area contributed by atoms with E-state index in [1.165, 1.54) is 0 Å². The van der Waals surface area contributed by atoms with Crippen molar-refractivity contribution in [3.63, 3.8) is 0 Å². The summed E-state index contributed by atoms with van der Waals surface area (Å²) in [6, 6.07) is 5.76. The van der Waals surface area contributed by atoms with Crippen LogP contribution in [0.1, 0.15) is 31.2 Å². The summed E-state index contributed by atoms with van der Waals surface area (Å²) >= 11 is 0. The van der Waals surface area contributed by atoms with E-state index >= 15 is 0 Å². The van der Waals surface area contributed by atoms with Crippen LogP contribution < -0.4 is 0 Å². The molecule has 1 saturated heterocycles. The van der Waals surface area contributed by atoms with Crippen LogP contribution >= 0.6 is 0 Å². The second-order valence-electron chi connectivity index (χ2n) is 7.05. The summed E-state index contributed by atoms with van der Waals surface area (Å²) in [4.78, 5) is 19.6. The number of hydrogen-bond acceptors (Lipinski definition) is 4. The first kappa shape index (κ1) is 16.6. The zero-order chi connectivity index (χ0) is 17.6. The maximum Gasteiger partial charge on any atom is 0.226 e. The lowest BCUT2D eigenvalue weighted by Gasteiger charge is -2.32. The molecule has 1 fully saturated rings. The number of amides is 1. The minimum atomic E-state index is -2.99. The Labute approximate surface area is 147 Å². The first-order valence-corrected chi connectivity index (χ1v) is 10.8. The second-order valence-corrected chi connectivity index (χ2v) is 9.28.